The van der Waals surface area contributed by atoms with E-state index in [4.69, 9.17) is 5.26 Å². The summed E-state index contributed by atoms with van der Waals surface area (Å²) in [7, 11) is 0. The number of ketones is 1. The van der Waals surface area contributed by atoms with E-state index >= 15 is 0 Å². The Bertz CT molecular complexity index is 678. The highest BCUT2D eigenvalue weighted by molar-refractivity contribution is 6.05. The van der Waals surface area contributed by atoms with Gasteiger partial charge in [-0.1, -0.05) is 12.1 Å². The van der Waals surface area contributed by atoms with Crippen LogP contribution in [0.1, 0.15) is 33.3 Å². The van der Waals surface area contributed by atoms with Gasteiger partial charge in [0, 0.05) is 17.4 Å². The molecule has 0 aliphatic rings. The number of nitrogens with zero attached hydrogens (tertiary/aromatic N) is 1. The molecule has 2 rings (SSSR count). The smallest absolute Gasteiger partial charge is 0.272 e. The van der Waals surface area contributed by atoms with Gasteiger partial charge in [0.25, 0.3) is 5.91 Å². The Morgan fingerprint density at radius 1 is 1.30 bits per heavy atom. The van der Waals surface area contributed by atoms with E-state index < -0.39 is 0 Å². The van der Waals surface area contributed by atoms with Crippen molar-refractivity contribution in [2.45, 2.75) is 13.3 Å². The monoisotopic (exact) mass is 267 g/mol. The molecule has 0 aliphatic carbocycles. The molecular formula is C15H13N3O2. The molecule has 20 heavy (non-hydrogen) atoms. The minimum Gasteiger partial charge on any atom is -0.356 e. The van der Waals surface area contributed by atoms with Gasteiger partial charge in [-0.15, -0.1) is 0 Å². The number of nitriles is 1. The second kappa shape index (κ2) is 5.85. The van der Waals surface area contributed by atoms with Crippen LogP contribution in [0.25, 0.3) is 0 Å². The molecule has 5 heteroatoms. The summed E-state index contributed by atoms with van der Waals surface area (Å²) in [6, 6.07) is 10.6. The first kappa shape index (κ1) is 13.6. The Labute approximate surface area is 116 Å². The summed E-state index contributed by atoms with van der Waals surface area (Å²) < 4.78 is 0. The molecule has 1 aromatic carbocycles. The standard InChI is InChI=1S/C15H13N3O2/c1-10(19)12-8-14(17-9-12)15(20)18-13-4-2-11(3-5-13)6-7-16/h2-5,8-9,17H,6H2,1H3,(H,18,20). The number of nitrogens with one attached hydrogen (secondary N) is 2. The average molecular weight is 267 g/mol. The molecule has 0 fully saturated rings. The van der Waals surface area contributed by atoms with E-state index in [-0.39, 0.29) is 11.7 Å². The molecule has 0 bridgehead atoms. The van der Waals surface area contributed by atoms with E-state index in [0.29, 0.717) is 23.4 Å². The molecule has 1 heterocycles. The Morgan fingerprint density at radius 3 is 2.55 bits per heavy atom. The largest absolute Gasteiger partial charge is 0.356 e. The molecule has 5 nitrogen and oxygen atoms in total. The van der Waals surface area contributed by atoms with Crippen LogP contribution in [-0.4, -0.2) is 16.7 Å². The van der Waals surface area contributed by atoms with Crippen molar-refractivity contribution in [3.8, 4) is 6.07 Å². The molecule has 1 aromatic heterocycles. The van der Waals surface area contributed by atoms with Gasteiger partial charge in [-0.2, -0.15) is 5.26 Å². The van der Waals surface area contributed by atoms with E-state index in [1.807, 2.05) is 0 Å². The molecule has 0 saturated heterocycles. The summed E-state index contributed by atoms with van der Waals surface area (Å²) in [6.07, 6.45) is 1.85. The van der Waals surface area contributed by atoms with E-state index in [9.17, 15) is 9.59 Å². The van der Waals surface area contributed by atoms with Crippen LogP contribution in [0.3, 0.4) is 0 Å². The van der Waals surface area contributed by atoms with Crippen LogP contribution in [0.2, 0.25) is 0 Å². The van der Waals surface area contributed by atoms with Crippen molar-refractivity contribution in [3.63, 3.8) is 0 Å². The first-order valence-corrected chi connectivity index (χ1v) is 6.07. The van der Waals surface area contributed by atoms with Gasteiger partial charge in [0.05, 0.1) is 12.5 Å². The van der Waals surface area contributed by atoms with Gasteiger partial charge in [-0.25, -0.2) is 0 Å². The van der Waals surface area contributed by atoms with E-state index in [0.717, 1.165) is 5.56 Å². The SMILES string of the molecule is CC(=O)c1c[nH]c(C(=O)Nc2ccc(CC#N)cc2)c1. The Morgan fingerprint density at radius 2 is 2.00 bits per heavy atom. The summed E-state index contributed by atoms with van der Waals surface area (Å²) >= 11 is 0. The van der Waals surface area contributed by atoms with Gasteiger partial charge in [-0.05, 0) is 30.7 Å². The highest BCUT2D eigenvalue weighted by Gasteiger charge is 2.10. The number of aromatic nitrogens is 1. The Hall–Kier alpha value is -2.87. The number of anilines is 1. The molecule has 0 unspecified atom stereocenters. The van der Waals surface area contributed by atoms with E-state index in [2.05, 4.69) is 16.4 Å². The number of hydrogen-bond acceptors (Lipinski definition) is 3. The van der Waals surface area contributed by atoms with Gasteiger partial charge < -0.3 is 10.3 Å². The number of H-pyrrole nitrogens is 1. The fourth-order valence-electron chi connectivity index (χ4n) is 1.72. The van der Waals surface area contributed by atoms with Crippen LogP contribution in [0.5, 0.6) is 0 Å². The van der Waals surface area contributed by atoms with Crippen molar-refractivity contribution in [2.75, 3.05) is 5.32 Å². The molecule has 1 amide bonds. The normalized spacial score (nSPS) is 9.80. The number of benzene rings is 1. The zero-order valence-electron chi connectivity index (χ0n) is 10.9. The van der Waals surface area contributed by atoms with Gasteiger partial charge >= 0.3 is 0 Å². The minimum absolute atomic E-state index is 0.0962. The molecule has 0 aliphatic heterocycles. The Balaban J connectivity index is 2.07. The molecule has 100 valence electrons. The third-order valence-electron chi connectivity index (χ3n) is 2.83. The Kier molecular flexibility index (Phi) is 3.96. The number of rotatable bonds is 4. The van der Waals surface area contributed by atoms with Crippen LogP contribution in [-0.2, 0) is 6.42 Å². The number of carbonyl (C=O) groups is 2. The van der Waals surface area contributed by atoms with Crippen molar-refractivity contribution in [3.05, 3.63) is 53.3 Å². The fourth-order valence-corrected chi connectivity index (χ4v) is 1.72. The van der Waals surface area contributed by atoms with Crippen molar-refractivity contribution in [1.82, 2.24) is 4.98 Å². The maximum absolute atomic E-state index is 12.0. The number of Topliss-reactive ketones (excluding diaryl/α,β-unsaturated/α-hetero) is 1. The number of carbonyl (C=O) groups excluding carboxylic acids is 2. The number of hydrogen-bond donors (Lipinski definition) is 2. The summed E-state index contributed by atoms with van der Waals surface area (Å²) in [5.74, 6) is -0.410. The van der Waals surface area contributed by atoms with E-state index in [1.165, 1.54) is 19.2 Å². The van der Waals surface area contributed by atoms with Crippen LogP contribution in [0.15, 0.2) is 36.5 Å². The van der Waals surface area contributed by atoms with Gasteiger partial charge in [0.15, 0.2) is 5.78 Å². The highest BCUT2D eigenvalue weighted by atomic mass is 16.2. The van der Waals surface area contributed by atoms with Gasteiger partial charge in [0.2, 0.25) is 0 Å². The molecule has 0 spiro atoms. The second-order valence-electron chi connectivity index (χ2n) is 4.34. The summed E-state index contributed by atoms with van der Waals surface area (Å²) in [4.78, 5) is 25.9. The second-order valence-corrected chi connectivity index (χ2v) is 4.34. The molecule has 2 N–H and O–H groups in total. The number of aromatic amines is 1. The molecular weight excluding hydrogens is 254 g/mol. The molecule has 0 atom stereocenters. The van der Waals surface area contributed by atoms with Crippen LogP contribution >= 0.6 is 0 Å². The average Bonchev–Trinajstić information content (AvgIpc) is 2.91. The van der Waals surface area contributed by atoms with Crippen molar-refractivity contribution in [1.29, 1.82) is 5.26 Å². The first-order chi connectivity index (χ1) is 9.60. The minimum atomic E-state index is -0.314. The van der Waals surface area contributed by atoms with Crippen LogP contribution in [0, 0.1) is 11.3 Å². The topological polar surface area (TPSA) is 85.8 Å². The van der Waals surface area contributed by atoms with Crippen molar-refractivity contribution < 1.29 is 9.59 Å². The maximum atomic E-state index is 12.0. The van der Waals surface area contributed by atoms with Crippen LogP contribution in [0.4, 0.5) is 5.69 Å². The lowest BCUT2D eigenvalue weighted by Crippen LogP contribution is -2.12. The predicted molar refractivity (Wildman–Crippen MR) is 74.5 cm³/mol. The molecule has 0 radical (unpaired) electrons. The first-order valence-electron chi connectivity index (χ1n) is 6.07. The summed E-state index contributed by atoms with van der Waals surface area (Å²) in [5, 5.41) is 11.3. The highest BCUT2D eigenvalue weighted by Crippen LogP contribution is 2.12. The quantitative estimate of drug-likeness (QED) is 0.834. The lowest BCUT2D eigenvalue weighted by Gasteiger charge is -2.04. The third kappa shape index (κ3) is 3.12. The maximum Gasteiger partial charge on any atom is 0.272 e. The fraction of sp³-hybridized carbons (Fsp3) is 0.133. The van der Waals surface area contributed by atoms with E-state index in [1.54, 1.807) is 24.3 Å². The summed E-state index contributed by atoms with van der Waals surface area (Å²) in [6.45, 7) is 1.44. The van der Waals surface area contributed by atoms with Gasteiger partial charge in [-0.3, -0.25) is 9.59 Å². The molecule has 0 saturated carbocycles. The lowest BCUT2D eigenvalue weighted by atomic mass is 10.1. The predicted octanol–water partition coefficient (Wildman–Crippen LogP) is 2.54. The van der Waals surface area contributed by atoms with Gasteiger partial charge in [0.1, 0.15) is 5.69 Å². The van der Waals surface area contributed by atoms with Crippen molar-refractivity contribution in [2.24, 2.45) is 0 Å². The lowest BCUT2D eigenvalue weighted by molar-refractivity contribution is 0.101. The zero-order chi connectivity index (χ0) is 14.5. The number of amides is 1. The zero-order valence-corrected chi connectivity index (χ0v) is 10.9. The summed E-state index contributed by atoms with van der Waals surface area (Å²) in [5.41, 5.74) is 2.33. The third-order valence-corrected chi connectivity index (χ3v) is 2.83. The van der Waals surface area contributed by atoms with Crippen molar-refractivity contribution >= 4 is 17.4 Å². The molecule has 2 aromatic rings. The van der Waals surface area contributed by atoms with Crippen LogP contribution < -0.4 is 5.32 Å².